The molecular formula is C13H20N2OS. The first-order valence-corrected chi connectivity index (χ1v) is 7.22. The molecule has 1 aliphatic rings. The Balaban J connectivity index is 1.59. The molecular weight excluding hydrogens is 232 g/mol. The van der Waals surface area contributed by atoms with E-state index in [1.165, 1.54) is 12.8 Å². The SMILES string of the molecule is O=C(Cc1cccs1)NCCC1CCCNC1. The van der Waals surface area contributed by atoms with Gasteiger partial charge in [0.1, 0.15) is 0 Å². The fourth-order valence-electron chi connectivity index (χ4n) is 2.22. The molecule has 3 nitrogen and oxygen atoms in total. The van der Waals surface area contributed by atoms with Gasteiger partial charge in [-0.15, -0.1) is 11.3 Å². The quantitative estimate of drug-likeness (QED) is 0.839. The van der Waals surface area contributed by atoms with Crippen molar-refractivity contribution in [1.29, 1.82) is 0 Å². The van der Waals surface area contributed by atoms with E-state index in [1.54, 1.807) is 11.3 Å². The minimum atomic E-state index is 0.149. The summed E-state index contributed by atoms with van der Waals surface area (Å²) < 4.78 is 0. The van der Waals surface area contributed by atoms with Crippen molar-refractivity contribution < 1.29 is 4.79 Å². The van der Waals surface area contributed by atoms with E-state index in [2.05, 4.69) is 10.6 Å². The number of piperidine rings is 1. The molecule has 1 unspecified atom stereocenters. The third-order valence-corrected chi connectivity index (χ3v) is 4.06. The highest BCUT2D eigenvalue weighted by molar-refractivity contribution is 7.10. The van der Waals surface area contributed by atoms with Crippen LogP contribution in [0, 0.1) is 5.92 Å². The van der Waals surface area contributed by atoms with Crippen molar-refractivity contribution in [1.82, 2.24) is 10.6 Å². The molecule has 2 heterocycles. The molecule has 0 aliphatic carbocycles. The molecule has 1 aromatic heterocycles. The highest BCUT2D eigenvalue weighted by Gasteiger charge is 2.12. The summed E-state index contributed by atoms with van der Waals surface area (Å²) >= 11 is 1.64. The number of rotatable bonds is 5. The van der Waals surface area contributed by atoms with Crippen LogP contribution in [0.15, 0.2) is 17.5 Å². The van der Waals surface area contributed by atoms with Crippen LogP contribution in [0.5, 0.6) is 0 Å². The molecule has 1 amide bonds. The van der Waals surface area contributed by atoms with Crippen molar-refractivity contribution in [2.75, 3.05) is 19.6 Å². The molecule has 0 aromatic carbocycles. The fraction of sp³-hybridized carbons (Fsp3) is 0.615. The predicted octanol–water partition coefficient (Wildman–Crippen LogP) is 1.80. The lowest BCUT2D eigenvalue weighted by atomic mass is 9.96. The van der Waals surface area contributed by atoms with E-state index in [1.807, 2.05) is 17.5 Å². The van der Waals surface area contributed by atoms with E-state index in [4.69, 9.17) is 0 Å². The average Bonchev–Trinajstić information content (AvgIpc) is 2.83. The van der Waals surface area contributed by atoms with E-state index >= 15 is 0 Å². The monoisotopic (exact) mass is 252 g/mol. The van der Waals surface area contributed by atoms with Crippen LogP contribution in [0.25, 0.3) is 0 Å². The van der Waals surface area contributed by atoms with Crippen LogP contribution < -0.4 is 10.6 Å². The zero-order chi connectivity index (χ0) is 11.9. The Morgan fingerprint density at radius 1 is 1.59 bits per heavy atom. The van der Waals surface area contributed by atoms with Gasteiger partial charge in [0.2, 0.25) is 5.91 Å². The first kappa shape index (κ1) is 12.6. The molecule has 17 heavy (non-hydrogen) atoms. The molecule has 0 radical (unpaired) electrons. The van der Waals surface area contributed by atoms with Crippen molar-refractivity contribution in [3.8, 4) is 0 Å². The third-order valence-electron chi connectivity index (χ3n) is 3.19. The topological polar surface area (TPSA) is 41.1 Å². The molecule has 94 valence electrons. The summed E-state index contributed by atoms with van der Waals surface area (Å²) in [6.07, 6.45) is 4.20. The largest absolute Gasteiger partial charge is 0.356 e. The van der Waals surface area contributed by atoms with Crippen LogP contribution >= 0.6 is 11.3 Å². The number of hydrogen-bond donors (Lipinski definition) is 2. The lowest BCUT2D eigenvalue weighted by molar-refractivity contribution is -0.120. The number of thiophene rings is 1. The van der Waals surface area contributed by atoms with Gasteiger partial charge in [-0.1, -0.05) is 6.07 Å². The van der Waals surface area contributed by atoms with Gasteiger partial charge in [-0.05, 0) is 49.7 Å². The summed E-state index contributed by atoms with van der Waals surface area (Å²) in [6, 6.07) is 4.00. The number of nitrogens with one attached hydrogen (secondary N) is 2. The molecule has 0 saturated carbocycles. The van der Waals surface area contributed by atoms with Gasteiger partial charge in [-0.2, -0.15) is 0 Å². The summed E-state index contributed by atoms with van der Waals surface area (Å²) in [5.41, 5.74) is 0. The van der Waals surface area contributed by atoms with Crippen LogP contribution in [0.2, 0.25) is 0 Å². The van der Waals surface area contributed by atoms with E-state index in [-0.39, 0.29) is 5.91 Å². The lowest BCUT2D eigenvalue weighted by Crippen LogP contribution is -2.33. The number of amides is 1. The average molecular weight is 252 g/mol. The van der Waals surface area contributed by atoms with Gasteiger partial charge in [0.25, 0.3) is 0 Å². The van der Waals surface area contributed by atoms with Crippen molar-refractivity contribution in [3.05, 3.63) is 22.4 Å². The molecule has 1 aliphatic heterocycles. The minimum Gasteiger partial charge on any atom is -0.356 e. The Morgan fingerprint density at radius 3 is 3.24 bits per heavy atom. The van der Waals surface area contributed by atoms with Crippen molar-refractivity contribution in [3.63, 3.8) is 0 Å². The van der Waals surface area contributed by atoms with Gasteiger partial charge in [0.15, 0.2) is 0 Å². The number of carbonyl (C=O) groups is 1. The smallest absolute Gasteiger partial charge is 0.225 e. The summed E-state index contributed by atoms with van der Waals surface area (Å²) in [5.74, 6) is 0.891. The van der Waals surface area contributed by atoms with Crippen LogP contribution in [0.1, 0.15) is 24.1 Å². The summed E-state index contributed by atoms with van der Waals surface area (Å²) in [7, 11) is 0. The van der Waals surface area contributed by atoms with E-state index in [0.717, 1.165) is 36.9 Å². The van der Waals surface area contributed by atoms with Crippen LogP contribution in [-0.4, -0.2) is 25.5 Å². The number of carbonyl (C=O) groups excluding carboxylic acids is 1. The summed E-state index contributed by atoms with van der Waals surface area (Å²) in [5, 5.41) is 8.42. The zero-order valence-electron chi connectivity index (χ0n) is 10.1. The standard InChI is InChI=1S/C13H20N2OS/c16-13(9-12-4-2-8-17-12)15-7-5-11-3-1-6-14-10-11/h2,4,8,11,14H,1,3,5-7,9-10H2,(H,15,16). The fourth-order valence-corrected chi connectivity index (χ4v) is 2.92. The minimum absolute atomic E-state index is 0.149. The van der Waals surface area contributed by atoms with Crippen LogP contribution in [0.4, 0.5) is 0 Å². The molecule has 1 aromatic rings. The molecule has 0 bridgehead atoms. The molecule has 0 spiro atoms. The molecule has 1 saturated heterocycles. The lowest BCUT2D eigenvalue weighted by Gasteiger charge is -2.22. The normalized spacial score (nSPS) is 20.1. The second-order valence-electron chi connectivity index (χ2n) is 4.61. The zero-order valence-corrected chi connectivity index (χ0v) is 10.9. The highest BCUT2D eigenvalue weighted by atomic mass is 32.1. The highest BCUT2D eigenvalue weighted by Crippen LogP contribution is 2.13. The maximum atomic E-state index is 11.6. The van der Waals surface area contributed by atoms with Crippen molar-refractivity contribution in [2.45, 2.75) is 25.7 Å². The van der Waals surface area contributed by atoms with Gasteiger partial charge in [0.05, 0.1) is 6.42 Å². The number of hydrogen-bond acceptors (Lipinski definition) is 3. The Labute approximate surface area is 107 Å². The molecule has 4 heteroatoms. The summed E-state index contributed by atoms with van der Waals surface area (Å²) in [6.45, 7) is 3.08. The summed E-state index contributed by atoms with van der Waals surface area (Å²) in [4.78, 5) is 12.8. The second kappa shape index (κ2) is 6.77. The van der Waals surface area contributed by atoms with Crippen LogP contribution in [-0.2, 0) is 11.2 Å². The Hall–Kier alpha value is -0.870. The third kappa shape index (κ3) is 4.48. The van der Waals surface area contributed by atoms with Crippen molar-refractivity contribution >= 4 is 17.2 Å². The predicted molar refractivity (Wildman–Crippen MR) is 71.2 cm³/mol. The van der Waals surface area contributed by atoms with Crippen molar-refractivity contribution in [2.24, 2.45) is 5.92 Å². The Bertz CT molecular complexity index is 331. The van der Waals surface area contributed by atoms with Gasteiger partial charge in [-0.3, -0.25) is 4.79 Å². The van der Waals surface area contributed by atoms with E-state index in [9.17, 15) is 4.79 Å². The first-order chi connectivity index (χ1) is 8.34. The van der Waals surface area contributed by atoms with Gasteiger partial charge in [-0.25, -0.2) is 0 Å². The maximum Gasteiger partial charge on any atom is 0.225 e. The second-order valence-corrected chi connectivity index (χ2v) is 5.64. The first-order valence-electron chi connectivity index (χ1n) is 6.34. The molecule has 1 fully saturated rings. The maximum absolute atomic E-state index is 11.6. The van der Waals surface area contributed by atoms with E-state index in [0.29, 0.717) is 6.42 Å². The molecule has 2 rings (SSSR count). The Morgan fingerprint density at radius 2 is 2.53 bits per heavy atom. The molecule has 2 N–H and O–H groups in total. The van der Waals surface area contributed by atoms with Gasteiger partial charge in [0, 0.05) is 11.4 Å². The van der Waals surface area contributed by atoms with E-state index < -0.39 is 0 Å². The molecule has 1 atom stereocenters. The Kier molecular flexibility index (Phi) is 5.01. The van der Waals surface area contributed by atoms with Gasteiger partial charge >= 0.3 is 0 Å². The van der Waals surface area contributed by atoms with Crippen LogP contribution in [0.3, 0.4) is 0 Å². The van der Waals surface area contributed by atoms with Gasteiger partial charge < -0.3 is 10.6 Å².